The van der Waals surface area contributed by atoms with Crippen LogP contribution in [0.1, 0.15) is 41.6 Å². The van der Waals surface area contributed by atoms with Gasteiger partial charge < -0.3 is 9.80 Å². The summed E-state index contributed by atoms with van der Waals surface area (Å²) < 4.78 is 0. The fourth-order valence-electron chi connectivity index (χ4n) is 4.39. The molecule has 0 aromatic heterocycles. The highest BCUT2D eigenvalue weighted by Gasteiger charge is 2.31. The number of aryl methyl sites for hydroxylation is 1. The smallest absolute Gasteiger partial charge is 0.225 e. The van der Waals surface area contributed by atoms with E-state index in [-0.39, 0.29) is 17.9 Å². The van der Waals surface area contributed by atoms with E-state index in [9.17, 15) is 9.59 Å². The number of nitrogens with zero attached hydrogens (tertiary/aromatic N) is 3. The molecule has 0 unspecified atom stereocenters. The molecule has 0 bridgehead atoms. The second-order valence-corrected chi connectivity index (χ2v) is 8.17. The van der Waals surface area contributed by atoms with Crippen molar-refractivity contribution in [3.63, 3.8) is 0 Å². The van der Waals surface area contributed by atoms with Crippen LogP contribution in [0.5, 0.6) is 0 Å². The molecular weight excluding hydrogens is 374 g/mol. The molecule has 1 fully saturated rings. The summed E-state index contributed by atoms with van der Waals surface area (Å²) in [4.78, 5) is 31.3. The van der Waals surface area contributed by atoms with Crippen molar-refractivity contribution in [2.24, 2.45) is 0 Å². The van der Waals surface area contributed by atoms with E-state index in [1.165, 1.54) is 11.1 Å². The van der Waals surface area contributed by atoms with Crippen LogP contribution in [-0.4, -0.2) is 52.7 Å². The summed E-state index contributed by atoms with van der Waals surface area (Å²) in [6.07, 6.45) is 4.07. The summed E-state index contributed by atoms with van der Waals surface area (Å²) in [6.45, 7) is 7.83. The van der Waals surface area contributed by atoms with Crippen molar-refractivity contribution < 1.29 is 9.59 Å². The summed E-state index contributed by atoms with van der Waals surface area (Å²) in [5.74, 6) is 0.0773. The van der Waals surface area contributed by atoms with Crippen LogP contribution in [0.25, 0.3) is 6.08 Å². The van der Waals surface area contributed by atoms with Crippen LogP contribution in [0.15, 0.2) is 54.7 Å². The molecule has 4 rings (SSSR count). The normalized spacial score (nSPS) is 18.9. The zero-order valence-electron chi connectivity index (χ0n) is 17.8. The first-order valence-electron chi connectivity index (χ1n) is 10.6. The fourth-order valence-corrected chi connectivity index (χ4v) is 4.39. The number of hydrogen-bond donors (Lipinski definition) is 0. The zero-order valence-corrected chi connectivity index (χ0v) is 17.8. The Hall–Kier alpha value is -2.92. The molecule has 0 N–H and O–H groups in total. The molecule has 156 valence electrons. The molecular formula is C25H29N3O2. The largest absolute Gasteiger partial charge is 0.340 e. The number of piperazine rings is 1. The van der Waals surface area contributed by atoms with Gasteiger partial charge in [0.15, 0.2) is 0 Å². The van der Waals surface area contributed by atoms with Crippen LogP contribution < -0.4 is 0 Å². The molecule has 2 aromatic carbocycles. The molecule has 30 heavy (non-hydrogen) atoms. The van der Waals surface area contributed by atoms with Crippen LogP contribution in [0.3, 0.4) is 0 Å². The van der Waals surface area contributed by atoms with Crippen molar-refractivity contribution in [2.75, 3.05) is 26.2 Å². The van der Waals surface area contributed by atoms with Crippen molar-refractivity contribution in [1.82, 2.24) is 14.7 Å². The second-order valence-electron chi connectivity index (χ2n) is 8.17. The average molecular weight is 404 g/mol. The quantitative estimate of drug-likeness (QED) is 0.783. The van der Waals surface area contributed by atoms with Crippen LogP contribution in [-0.2, 0) is 16.1 Å². The summed E-state index contributed by atoms with van der Waals surface area (Å²) in [7, 11) is 0. The topological polar surface area (TPSA) is 43.9 Å². The lowest BCUT2D eigenvalue weighted by Gasteiger charge is -2.37. The Morgan fingerprint density at radius 3 is 2.40 bits per heavy atom. The van der Waals surface area contributed by atoms with Crippen molar-refractivity contribution in [3.8, 4) is 0 Å². The molecule has 2 aromatic rings. The van der Waals surface area contributed by atoms with Gasteiger partial charge in [0.2, 0.25) is 11.8 Å². The zero-order chi connectivity index (χ0) is 21.1. The molecule has 5 heteroatoms. The molecule has 0 radical (unpaired) electrons. The number of benzene rings is 2. The third-order valence-electron chi connectivity index (χ3n) is 6.22. The van der Waals surface area contributed by atoms with E-state index >= 15 is 0 Å². The van der Waals surface area contributed by atoms with E-state index in [0.29, 0.717) is 6.42 Å². The van der Waals surface area contributed by atoms with Gasteiger partial charge in [-0.05, 0) is 35.3 Å². The lowest BCUT2D eigenvalue weighted by molar-refractivity contribution is -0.136. The lowest BCUT2D eigenvalue weighted by Crippen LogP contribution is -2.49. The molecule has 5 nitrogen and oxygen atoms in total. The average Bonchev–Trinajstić information content (AvgIpc) is 2.76. The first-order valence-corrected chi connectivity index (χ1v) is 10.6. The van der Waals surface area contributed by atoms with Crippen molar-refractivity contribution in [2.45, 2.75) is 32.9 Å². The third-order valence-corrected chi connectivity index (χ3v) is 6.22. The minimum Gasteiger partial charge on any atom is -0.340 e. The summed E-state index contributed by atoms with van der Waals surface area (Å²) in [6, 6.07) is 16.2. The van der Waals surface area contributed by atoms with Gasteiger partial charge in [0.1, 0.15) is 0 Å². The van der Waals surface area contributed by atoms with Gasteiger partial charge in [-0.1, -0.05) is 48.5 Å². The van der Waals surface area contributed by atoms with Gasteiger partial charge in [0, 0.05) is 45.8 Å². The maximum atomic E-state index is 13.1. The summed E-state index contributed by atoms with van der Waals surface area (Å²) in [5, 5.41) is 0. The van der Waals surface area contributed by atoms with Gasteiger partial charge in [-0.25, -0.2) is 0 Å². The summed E-state index contributed by atoms with van der Waals surface area (Å²) in [5.41, 5.74) is 4.78. The van der Waals surface area contributed by atoms with Gasteiger partial charge in [-0.3, -0.25) is 14.5 Å². The highest BCUT2D eigenvalue weighted by atomic mass is 16.2. The van der Waals surface area contributed by atoms with Crippen LogP contribution >= 0.6 is 0 Å². The Morgan fingerprint density at radius 1 is 0.967 bits per heavy atom. The molecule has 2 aliphatic rings. The fraction of sp³-hybridized carbons (Fsp3) is 0.360. The maximum Gasteiger partial charge on any atom is 0.225 e. The first kappa shape index (κ1) is 20.4. The highest BCUT2D eigenvalue weighted by Crippen LogP contribution is 2.33. The Morgan fingerprint density at radius 2 is 1.67 bits per heavy atom. The van der Waals surface area contributed by atoms with Gasteiger partial charge >= 0.3 is 0 Å². The molecule has 2 amide bonds. The highest BCUT2D eigenvalue weighted by molar-refractivity contribution is 5.82. The van der Waals surface area contributed by atoms with Crippen LogP contribution in [0.4, 0.5) is 0 Å². The van der Waals surface area contributed by atoms with Crippen LogP contribution in [0, 0.1) is 6.92 Å². The Kier molecular flexibility index (Phi) is 6.00. The Balaban J connectivity index is 1.39. The van der Waals surface area contributed by atoms with E-state index in [1.54, 1.807) is 11.8 Å². The SMILES string of the molecule is CC(=O)N1C=Cc2ccccc2[C@@H]1CC(=O)N1CCN(Cc2ccccc2C)CC1. The van der Waals surface area contributed by atoms with Gasteiger partial charge in [-0.15, -0.1) is 0 Å². The van der Waals surface area contributed by atoms with E-state index in [4.69, 9.17) is 0 Å². The van der Waals surface area contributed by atoms with E-state index in [1.807, 2.05) is 41.4 Å². The Labute approximate surface area is 178 Å². The molecule has 1 atom stereocenters. The molecule has 2 heterocycles. The van der Waals surface area contributed by atoms with E-state index < -0.39 is 0 Å². The van der Waals surface area contributed by atoms with Crippen molar-refractivity contribution in [1.29, 1.82) is 0 Å². The number of rotatable bonds is 4. The number of amides is 2. The predicted molar refractivity (Wildman–Crippen MR) is 118 cm³/mol. The number of carbonyl (C=O) groups excluding carboxylic acids is 2. The van der Waals surface area contributed by atoms with Crippen molar-refractivity contribution in [3.05, 3.63) is 77.0 Å². The maximum absolute atomic E-state index is 13.1. The standard InChI is InChI=1S/C25H29N3O2/c1-19-7-3-4-9-22(19)18-26-13-15-27(16-14-26)25(30)17-24-23-10-6-5-8-21(23)11-12-28(24)20(2)29/h3-12,24H,13-18H2,1-2H3/t24-/m0/s1. The lowest BCUT2D eigenvalue weighted by atomic mass is 9.93. The molecule has 1 saturated heterocycles. The van der Waals surface area contributed by atoms with E-state index in [2.05, 4.69) is 36.1 Å². The number of fused-ring (bicyclic) bond motifs is 1. The van der Waals surface area contributed by atoms with E-state index in [0.717, 1.165) is 43.9 Å². The molecule has 0 saturated carbocycles. The van der Waals surface area contributed by atoms with Crippen molar-refractivity contribution >= 4 is 17.9 Å². The van der Waals surface area contributed by atoms with Gasteiger partial charge in [0.05, 0.1) is 12.5 Å². The van der Waals surface area contributed by atoms with Gasteiger partial charge in [-0.2, -0.15) is 0 Å². The second kappa shape index (κ2) is 8.84. The molecule has 0 aliphatic carbocycles. The first-order chi connectivity index (χ1) is 14.5. The summed E-state index contributed by atoms with van der Waals surface area (Å²) >= 11 is 0. The third kappa shape index (κ3) is 4.31. The Bertz CT molecular complexity index is 960. The van der Waals surface area contributed by atoms with Crippen LogP contribution in [0.2, 0.25) is 0 Å². The molecule has 0 spiro atoms. The van der Waals surface area contributed by atoms with Gasteiger partial charge in [0.25, 0.3) is 0 Å². The minimum absolute atomic E-state index is 0.0402. The molecule has 2 aliphatic heterocycles. The monoisotopic (exact) mass is 403 g/mol. The minimum atomic E-state index is -0.235. The number of hydrogen-bond acceptors (Lipinski definition) is 3. The number of carbonyl (C=O) groups is 2. The predicted octanol–water partition coefficient (Wildman–Crippen LogP) is 3.60.